The van der Waals surface area contributed by atoms with Crippen LogP contribution in [0, 0.1) is 20.8 Å². The molecule has 138 valence electrons. The summed E-state index contributed by atoms with van der Waals surface area (Å²) in [5.41, 5.74) is 2.84. The molecule has 3 rings (SSSR count). The Labute approximate surface area is 154 Å². The van der Waals surface area contributed by atoms with Gasteiger partial charge in [-0.1, -0.05) is 12.1 Å². The van der Waals surface area contributed by atoms with E-state index in [1.54, 1.807) is 11.1 Å². The van der Waals surface area contributed by atoms with Gasteiger partial charge in [-0.25, -0.2) is 0 Å². The molecule has 1 N–H and O–H groups in total. The van der Waals surface area contributed by atoms with Crippen molar-refractivity contribution in [3.8, 4) is 5.75 Å². The van der Waals surface area contributed by atoms with Crippen LogP contribution in [0.3, 0.4) is 0 Å². The first-order valence-corrected chi connectivity index (χ1v) is 9.01. The smallest absolute Gasteiger partial charge is 0.272 e. The van der Waals surface area contributed by atoms with Crippen molar-refractivity contribution in [2.75, 3.05) is 19.7 Å². The first-order valence-electron chi connectivity index (χ1n) is 9.01. The van der Waals surface area contributed by atoms with Crippen LogP contribution in [0.25, 0.3) is 0 Å². The number of aliphatic hydroxyl groups is 1. The number of ether oxygens (including phenoxy) is 1. The van der Waals surface area contributed by atoms with E-state index in [-0.39, 0.29) is 12.5 Å². The Morgan fingerprint density at radius 3 is 2.54 bits per heavy atom. The fourth-order valence-corrected chi connectivity index (χ4v) is 3.15. The molecule has 0 saturated carbocycles. The minimum atomic E-state index is -0.908. The third kappa shape index (κ3) is 4.05. The van der Waals surface area contributed by atoms with E-state index in [0.29, 0.717) is 31.6 Å². The van der Waals surface area contributed by atoms with Gasteiger partial charge >= 0.3 is 0 Å². The number of hydrogen-bond donors (Lipinski definition) is 1. The summed E-state index contributed by atoms with van der Waals surface area (Å²) in [5.74, 6) is 0.698. The highest BCUT2D eigenvalue weighted by molar-refractivity contribution is 5.93. The van der Waals surface area contributed by atoms with Gasteiger partial charge in [0.1, 0.15) is 23.7 Å². The number of aryl methyl sites for hydroxylation is 3. The molecule has 5 heteroatoms. The molecule has 0 radical (unpaired) electrons. The molecule has 1 aromatic carbocycles. The Morgan fingerprint density at radius 2 is 1.88 bits per heavy atom. The zero-order valence-corrected chi connectivity index (χ0v) is 15.7. The van der Waals surface area contributed by atoms with Crippen LogP contribution >= 0.6 is 0 Å². The number of rotatable bonds is 4. The van der Waals surface area contributed by atoms with Gasteiger partial charge < -0.3 is 14.7 Å². The van der Waals surface area contributed by atoms with Crippen molar-refractivity contribution in [2.45, 2.75) is 39.2 Å². The highest BCUT2D eigenvalue weighted by Gasteiger charge is 2.35. The van der Waals surface area contributed by atoms with Gasteiger partial charge in [-0.05, 0) is 68.5 Å². The molecular formula is C21H26N2O3. The molecule has 0 bridgehead atoms. The summed E-state index contributed by atoms with van der Waals surface area (Å²) in [6.07, 6.45) is 2.63. The number of aromatic nitrogens is 1. The summed E-state index contributed by atoms with van der Waals surface area (Å²) in [6.45, 7) is 7.23. The number of likely N-dealkylation sites (tertiary alicyclic amines) is 1. The predicted molar refractivity (Wildman–Crippen MR) is 100 cm³/mol. The summed E-state index contributed by atoms with van der Waals surface area (Å²) in [7, 11) is 0. The number of piperidine rings is 1. The molecular weight excluding hydrogens is 328 g/mol. The number of pyridine rings is 1. The number of hydrogen-bond acceptors (Lipinski definition) is 4. The summed E-state index contributed by atoms with van der Waals surface area (Å²) >= 11 is 0. The van der Waals surface area contributed by atoms with Gasteiger partial charge in [0.25, 0.3) is 5.91 Å². The first kappa shape index (κ1) is 18.4. The Balaban J connectivity index is 1.57. The number of benzene rings is 1. The zero-order valence-electron chi connectivity index (χ0n) is 15.7. The standard InChI is InChI=1S/C21H26N2O3/c1-15-6-7-18(13-17(15)3)26-14-21(25)8-11-23(12-9-21)20(24)19-16(2)5-4-10-22-19/h4-7,10,13,25H,8-9,11-12,14H2,1-3H3. The van der Waals surface area contributed by atoms with Crippen LogP contribution in [0.15, 0.2) is 36.5 Å². The van der Waals surface area contributed by atoms with Gasteiger partial charge in [-0.3, -0.25) is 9.78 Å². The van der Waals surface area contributed by atoms with Crippen molar-refractivity contribution in [3.63, 3.8) is 0 Å². The second-order valence-electron chi connectivity index (χ2n) is 7.22. The highest BCUT2D eigenvalue weighted by Crippen LogP contribution is 2.25. The Kier molecular flexibility index (Phi) is 5.28. The number of amides is 1. The molecule has 26 heavy (non-hydrogen) atoms. The average molecular weight is 354 g/mol. The third-order valence-corrected chi connectivity index (χ3v) is 5.18. The van der Waals surface area contributed by atoms with E-state index >= 15 is 0 Å². The molecule has 1 aliphatic heterocycles. The second kappa shape index (κ2) is 7.46. The molecule has 0 aliphatic carbocycles. The largest absolute Gasteiger partial charge is 0.491 e. The summed E-state index contributed by atoms with van der Waals surface area (Å²) in [5, 5.41) is 10.8. The summed E-state index contributed by atoms with van der Waals surface area (Å²) in [6, 6.07) is 9.64. The maximum absolute atomic E-state index is 12.6. The van der Waals surface area contributed by atoms with Gasteiger partial charge in [0.05, 0.1) is 0 Å². The second-order valence-corrected chi connectivity index (χ2v) is 7.22. The third-order valence-electron chi connectivity index (χ3n) is 5.18. The molecule has 2 heterocycles. The van der Waals surface area contributed by atoms with Crippen molar-refractivity contribution in [1.29, 1.82) is 0 Å². The molecule has 1 fully saturated rings. The van der Waals surface area contributed by atoms with Gasteiger partial charge in [0.2, 0.25) is 0 Å². The molecule has 1 aliphatic rings. The normalized spacial score (nSPS) is 16.4. The summed E-state index contributed by atoms with van der Waals surface area (Å²) in [4.78, 5) is 18.6. The molecule has 5 nitrogen and oxygen atoms in total. The van der Waals surface area contributed by atoms with Crippen LogP contribution in [0.1, 0.15) is 40.0 Å². The predicted octanol–water partition coefficient (Wildman–Crippen LogP) is 3.05. The topological polar surface area (TPSA) is 62.7 Å². The fourth-order valence-electron chi connectivity index (χ4n) is 3.15. The van der Waals surface area contributed by atoms with E-state index in [1.807, 2.05) is 44.2 Å². The maximum Gasteiger partial charge on any atom is 0.272 e. The van der Waals surface area contributed by atoms with Crippen LogP contribution in [0.2, 0.25) is 0 Å². The lowest BCUT2D eigenvalue weighted by molar-refractivity contribution is -0.0476. The number of carbonyl (C=O) groups excluding carboxylic acids is 1. The van der Waals surface area contributed by atoms with Gasteiger partial charge in [-0.15, -0.1) is 0 Å². The van der Waals surface area contributed by atoms with Crippen molar-refractivity contribution in [1.82, 2.24) is 9.88 Å². The van der Waals surface area contributed by atoms with E-state index in [4.69, 9.17) is 4.74 Å². The molecule has 0 atom stereocenters. The van der Waals surface area contributed by atoms with Gasteiger partial charge in [-0.2, -0.15) is 0 Å². The van der Waals surface area contributed by atoms with E-state index in [1.165, 1.54) is 11.1 Å². The summed E-state index contributed by atoms with van der Waals surface area (Å²) < 4.78 is 5.82. The van der Waals surface area contributed by atoms with Crippen LogP contribution in [-0.4, -0.2) is 46.2 Å². The monoisotopic (exact) mass is 354 g/mol. The maximum atomic E-state index is 12.6. The van der Waals surface area contributed by atoms with Crippen LogP contribution in [0.4, 0.5) is 0 Å². The first-order chi connectivity index (χ1) is 12.4. The number of carbonyl (C=O) groups is 1. The van der Waals surface area contributed by atoms with E-state index in [9.17, 15) is 9.90 Å². The molecule has 0 unspecified atom stereocenters. The van der Waals surface area contributed by atoms with Gasteiger partial charge in [0.15, 0.2) is 0 Å². The fraction of sp³-hybridized carbons (Fsp3) is 0.429. The average Bonchev–Trinajstić information content (AvgIpc) is 2.63. The van der Waals surface area contributed by atoms with Crippen molar-refractivity contribution < 1.29 is 14.6 Å². The Hall–Kier alpha value is -2.40. The molecule has 1 amide bonds. The van der Waals surface area contributed by atoms with E-state index in [2.05, 4.69) is 11.9 Å². The minimum Gasteiger partial charge on any atom is -0.491 e. The van der Waals surface area contributed by atoms with Crippen molar-refractivity contribution in [3.05, 3.63) is 58.9 Å². The van der Waals surface area contributed by atoms with Crippen LogP contribution in [-0.2, 0) is 0 Å². The lowest BCUT2D eigenvalue weighted by Crippen LogP contribution is -2.49. The van der Waals surface area contributed by atoms with Crippen molar-refractivity contribution >= 4 is 5.91 Å². The van der Waals surface area contributed by atoms with E-state index in [0.717, 1.165) is 11.3 Å². The lowest BCUT2D eigenvalue weighted by atomic mass is 9.92. The SMILES string of the molecule is Cc1ccc(OCC2(O)CCN(C(=O)c3ncccc3C)CC2)cc1C. The quantitative estimate of drug-likeness (QED) is 0.917. The number of nitrogens with zero attached hydrogens (tertiary/aromatic N) is 2. The Morgan fingerprint density at radius 1 is 1.15 bits per heavy atom. The molecule has 1 aromatic heterocycles. The van der Waals surface area contributed by atoms with Crippen LogP contribution < -0.4 is 4.74 Å². The lowest BCUT2D eigenvalue weighted by Gasteiger charge is -2.37. The Bertz CT molecular complexity index is 796. The van der Waals surface area contributed by atoms with Gasteiger partial charge in [0, 0.05) is 19.3 Å². The zero-order chi connectivity index (χ0) is 18.7. The van der Waals surface area contributed by atoms with Crippen molar-refractivity contribution in [2.24, 2.45) is 0 Å². The highest BCUT2D eigenvalue weighted by atomic mass is 16.5. The molecule has 2 aromatic rings. The van der Waals surface area contributed by atoms with Crippen LogP contribution in [0.5, 0.6) is 5.75 Å². The van der Waals surface area contributed by atoms with E-state index < -0.39 is 5.60 Å². The molecule has 0 spiro atoms. The molecule has 1 saturated heterocycles. The minimum absolute atomic E-state index is 0.0692.